The predicted octanol–water partition coefficient (Wildman–Crippen LogP) is -1.02. The average molecular weight is 371 g/mol. The first-order valence-electron chi connectivity index (χ1n) is 7.93. The highest BCUT2D eigenvalue weighted by Crippen LogP contribution is 2.34. The molecule has 2 saturated heterocycles. The number of carbonyl (C=O) groups excluding carboxylic acids is 2. The highest BCUT2D eigenvalue weighted by atomic mass is 32.2. The number of hydrogen-bond acceptors (Lipinski definition) is 6. The summed E-state index contributed by atoms with van der Waals surface area (Å²) in [6.07, 6.45) is 1.05. The van der Waals surface area contributed by atoms with Gasteiger partial charge in [-0.1, -0.05) is 0 Å². The number of sulfonamides is 1. The summed E-state index contributed by atoms with van der Waals surface area (Å²) in [5.74, 6) is -0.540. The molecule has 0 saturated carbocycles. The summed E-state index contributed by atoms with van der Waals surface area (Å²) in [4.78, 5) is 25.1. The lowest BCUT2D eigenvalue weighted by Crippen LogP contribution is -2.62. The number of carbonyl (C=O) groups is 2. The molecule has 0 aliphatic carbocycles. The molecule has 9 nitrogen and oxygen atoms in total. The van der Waals surface area contributed by atoms with Gasteiger partial charge < -0.3 is 19.8 Å². The van der Waals surface area contributed by atoms with E-state index < -0.39 is 33.4 Å². The molecule has 138 valence electrons. The maximum Gasteiger partial charge on any atom is 0.254 e. The van der Waals surface area contributed by atoms with E-state index >= 15 is 0 Å². The zero-order chi connectivity index (χ0) is 18.2. The van der Waals surface area contributed by atoms with Crippen LogP contribution in [0.4, 0.5) is 0 Å². The topological polar surface area (TPSA) is 118 Å². The van der Waals surface area contributed by atoms with Crippen LogP contribution in [-0.2, 0) is 30.9 Å². The zero-order valence-electron chi connectivity index (χ0n) is 14.1. The first-order chi connectivity index (χ1) is 11.7. The minimum atomic E-state index is -3.56. The van der Waals surface area contributed by atoms with Crippen LogP contribution in [0.1, 0.15) is 11.5 Å². The molecule has 10 heteroatoms. The second kappa shape index (κ2) is 6.43. The summed E-state index contributed by atoms with van der Waals surface area (Å²) in [7, 11) is -3.56. The fourth-order valence-electron chi connectivity index (χ4n) is 3.20. The smallest absolute Gasteiger partial charge is 0.254 e. The third-order valence-corrected chi connectivity index (χ3v) is 5.73. The Hall–Kier alpha value is -1.91. The maximum atomic E-state index is 12.7. The van der Waals surface area contributed by atoms with Gasteiger partial charge in [0.1, 0.15) is 11.5 Å². The summed E-state index contributed by atoms with van der Waals surface area (Å²) in [6, 6.07) is 3.52. The van der Waals surface area contributed by atoms with Crippen LogP contribution in [0.5, 0.6) is 0 Å². The molecule has 2 fully saturated rings. The van der Waals surface area contributed by atoms with Gasteiger partial charge in [0.2, 0.25) is 15.9 Å². The van der Waals surface area contributed by atoms with Crippen LogP contribution in [0.25, 0.3) is 0 Å². The minimum absolute atomic E-state index is 0.102. The number of hydrogen-bond donors (Lipinski definition) is 2. The molecule has 1 aromatic rings. The van der Waals surface area contributed by atoms with E-state index in [0.29, 0.717) is 12.3 Å². The van der Waals surface area contributed by atoms with E-state index in [-0.39, 0.29) is 26.2 Å². The summed E-state index contributed by atoms with van der Waals surface area (Å²) < 4.78 is 36.0. The van der Waals surface area contributed by atoms with Crippen molar-refractivity contribution in [3.8, 4) is 0 Å². The average Bonchev–Trinajstić information content (AvgIpc) is 3.12. The van der Waals surface area contributed by atoms with Gasteiger partial charge in [0.25, 0.3) is 5.91 Å². The molecule has 0 bridgehead atoms. The monoisotopic (exact) mass is 371 g/mol. The highest BCUT2D eigenvalue weighted by Gasteiger charge is 2.59. The molecule has 25 heavy (non-hydrogen) atoms. The molecule has 2 aliphatic heterocycles. The van der Waals surface area contributed by atoms with E-state index in [1.165, 1.54) is 0 Å². The SMILES string of the molecule is Cc1ccc(CNC(=O)[C@H]2CN(S(C)(=O)=O)C[C@@]23OCCNC3=O)o1. The molecule has 0 aromatic carbocycles. The van der Waals surface area contributed by atoms with Crippen molar-refractivity contribution >= 4 is 21.8 Å². The van der Waals surface area contributed by atoms with E-state index in [2.05, 4.69) is 10.6 Å². The number of rotatable bonds is 4. The van der Waals surface area contributed by atoms with Crippen molar-refractivity contribution in [2.75, 3.05) is 32.5 Å². The van der Waals surface area contributed by atoms with Crippen molar-refractivity contribution in [1.29, 1.82) is 0 Å². The van der Waals surface area contributed by atoms with Crippen LogP contribution in [-0.4, -0.2) is 62.6 Å². The Morgan fingerprint density at radius 3 is 2.84 bits per heavy atom. The van der Waals surface area contributed by atoms with Crippen LogP contribution in [0, 0.1) is 12.8 Å². The molecule has 3 heterocycles. The van der Waals surface area contributed by atoms with E-state index in [9.17, 15) is 18.0 Å². The van der Waals surface area contributed by atoms with Crippen molar-refractivity contribution in [2.45, 2.75) is 19.1 Å². The Balaban J connectivity index is 1.80. The van der Waals surface area contributed by atoms with E-state index in [4.69, 9.17) is 9.15 Å². The van der Waals surface area contributed by atoms with Crippen molar-refractivity contribution in [3.05, 3.63) is 23.7 Å². The van der Waals surface area contributed by atoms with Gasteiger partial charge in [-0.2, -0.15) is 4.31 Å². The lowest BCUT2D eigenvalue weighted by atomic mass is 9.88. The van der Waals surface area contributed by atoms with Gasteiger partial charge in [0.05, 0.1) is 31.9 Å². The number of aryl methyl sites for hydroxylation is 1. The Bertz CT molecular complexity index is 789. The quantitative estimate of drug-likeness (QED) is 0.700. The fraction of sp³-hybridized carbons (Fsp3) is 0.600. The van der Waals surface area contributed by atoms with Crippen molar-refractivity contribution < 1.29 is 27.2 Å². The summed E-state index contributed by atoms with van der Waals surface area (Å²) in [5.41, 5.74) is -1.50. The second-order valence-corrected chi connectivity index (χ2v) is 8.31. The number of furan rings is 1. The Morgan fingerprint density at radius 2 is 2.24 bits per heavy atom. The van der Waals surface area contributed by atoms with Crippen LogP contribution >= 0.6 is 0 Å². The molecule has 2 N–H and O–H groups in total. The third-order valence-electron chi connectivity index (χ3n) is 4.51. The van der Waals surface area contributed by atoms with Crippen LogP contribution in [0.3, 0.4) is 0 Å². The Labute approximate surface area is 145 Å². The zero-order valence-corrected chi connectivity index (χ0v) is 14.9. The summed E-state index contributed by atoms with van der Waals surface area (Å²) in [5, 5.41) is 5.37. The lowest BCUT2D eigenvalue weighted by Gasteiger charge is -2.36. The van der Waals surface area contributed by atoms with Gasteiger partial charge in [-0.25, -0.2) is 8.42 Å². The molecule has 2 aliphatic rings. The minimum Gasteiger partial charge on any atom is -0.465 e. The molecule has 3 rings (SSSR count). The normalized spacial score (nSPS) is 27.4. The van der Waals surface area contributed by atoms with E-state index in [0.717, 1.165) is 16.3 Å². The molecular weight excluding hydrogens is 350 g/mol. The molecule has 1 spiro atoms. The van der Waals surface area contributed by atoms with Gasteiger partial charge in [0, 0.05) is 13.1 Å². The molecule has 0 radical (unpaired) electrons. The standard InChI is InChI=1S/C15H21N3O6S/c1-10-3-4-11(24-10)7-17-13(19)12-8-18(25(2,21)22)9-15(12)14(20)16-5-6-23-15/h3-4,12H,5-9H2,1-2H3,(H,16,20)(H,17,19)/t12-,15-/m1/s1. The van der Waals surface area contributed by atoms with E-state index in [1.54, 1.807) is 19.1 Å². The summed E-state index contributed by atoms with van der Waals surface area (Å²) >= 11 is 0. The molecule has 1 aromatic heterocycles. The van der Waals surface area contributed by atoms with Crippen LogP contribution in [0.2, 0.25) is 0 Å². The number of nitrogens with one attached hydrogen (secondary N) is 2. The van der Waals surface area contributed by atoms with Crippen molar-refractivity contribution in [3.63, 3.8) is 0 Å². The summed E-state index contributed by atoms with van der Waals surface area (Å²) in [6.45, 7) is 2.23. The maximum absolute atomic E-state index is 12.7. The Morgan fingerprint density at radius 1 is 1.48 bits per heavy atom. The molecule has 2 atom stereocenters. The molecule has 0 unspecified atom stereocenters. The van der Waals surface area contributed by atoms with E-state index in [1.807, 2.05) is 0 Å². The van der Waals surface area contributed by atoms with Crippen molar-refractivity contribution in [2.24, 2.45) is 5.92 Å². The van der Waals surface area contributed by atoms with Gasteiger partial charge in [-0.3, -0.25) is 9.59 Å². The van der Waals surface area contributed by atoms with Gasteiger partial charge in [-0.15, -0.1) is 0 Å². The van der Waals surface area contributed by atoms with Crippen LogP contribution < -0.4 is 10.6 Å². The fourth-order valence-corrected chi connectivity index (χ4v) is 4.05. The first-order valence-corrected chi connectivity index (χ1v) is 9.77. The number of ether oxygens (including phenoxy) is 1. The van der Waals surface area contributed by atoms with Crippen molar-refractivity contribution in [1.82, 2.24) is 14.9 Å². The predicted molar refractivity (Wildman–Crippen MR) is 86.9 cm³/mol. The highest BCUT2D eigenvalue weighted by molar-refractivity contribution is 7.88. The number of nitrogens with zero attached hydrogens (tertiary/aromatic N) is 1. The lowest BCUT2D eigenvalue weighted by molar-refractivity contribution is -0.163. The number of morpholine rings is 1. The largest absolute Gasteiger partial charge is 0.465 e. The molecular formula is C15H21N3O6S. The van der Waals surface area contributed by atoms with Gasteiger partial charge in [-0.05, 0) is 19.1 Å². The molecule has 2 amide bonds. The van der Waals surface area contributed by atoms with Gasteiger partial charge >= 0.3 is 0 Å². The first kappa shape index (κ1) is 17.9. The van der Waals surface area contributed by atoms with Crippen LogP contribution in [0.15, 0.2) is 16.5 Å². The Kier molecular flexibility index (Phi) is 4.60. The third kappa shape index (κ3) is 3.42. The number of amides is 2. The second-order valence-electron chi connectivity index (χ2n) is 6.33. The van der Waals surface area contributed by atoms with Gasteiger partial charge in [0.15, 0.2) is 5.60 Å².